The number of rotatable bonds is 6. The molecule has 0 saturated carbocycles. The Hall–Kier alpha value is -1.84. The Morgan fingerprint density at radius 2 is 1.30 bits per heavy atom. The maximum atomic E-state index is 5.66. The maximum absolute atomic E-state index is 5.66. The van der Waals surface area contributed by atoms with Gasteiger partial charge in [-0.25, -0.2) is 0 Å². The van der Waals surface area contributed by atoms with Crippen LogP contribution >= 0.6 is 0 Å². The molecule has 0 aliphatic rings. The van der Waals surface area contributed by atoms with Gasteiger partial charge in [0.1, 0.15) is 5.75 Å². The van der Waals surface area contributed by atoms with Gasteiger partial charge in [-0.15, -0.1) is 0 Å². The smallest absolute Gasteiger partial charge is 0.119 e. The minimum Gasteiger partial charge on any atom is -0.497 e. The summed E-state index contributed by atoms with van der Waals surface area (Å²) in [7, 11) is 1.67. The summed E-state index contributed by atoms with van der Waals surface area (Å²) < 4.78 is 16.4. The highest BCUT2D eigenvalue weighted by Gasteiger charge is 2.10. The largest absolute Gasteiger partial charge is 0.497 e. The van der Waals surface area contributed by atoms with Crippen molar-refractivity contribution >= 4 is 0 Å². The van der Waals surface area contributed by atoms with Crippen molar-refractivity contribution < 1.29 is 14.2 Å². The number of hydrogen-bond donors (Lipinski definition) is 0. The molecule has 0 amide bonds. The molecule has 0 atom stereocenters. The molecule has 0 bridgehead atoms. The Balaban J connectivity index is 0.000000271. The lowest BCUT2D eigenvalue weighted by atomic mass is 10.1. The van der Waals surface area contributed by atoms with Crippen LogP contribution in [0.5, 0.6) is 5.75 Å². The molecule has 2 rings (SSSR count). The van der Waals surface area contributed by atoms with Crippen LogP contribution in [0.15, 0.2) is 54.6 Å². The quantitative estimate of drug-likeness (QED) is 0.617. The molecule has 0 unspecified atom stereocenters. The SMILES string of the molecule is CC(C)(C)OCCc1ccccc1.COc1cccc(COC(C)(C)C)c1. The fourth-order valence-corrected chi connectivity index (χ4v) is 2.18. The summed E-state index contributed by atoms with van der Waals surface area (Å²) in [5, 5.41) is 0. The summed E-state index contributed by atoms with van der Waals surface area (Å²) in [4.78, 5) is 0. The van der Waals surface area contributed by atoms with Gasteiger partial charge >= 0.3 is 0 Å². The summed E-state index contributed by atoms with van der Waals surface area (Å²) in [5.41, 5.74) is 2.36. The van der Waals surface area contributed by atoms with Crippen LogP contribution in [0.25, 0.3) is 0 Å². The second-order valence-electron chi connectivity index (χ2n) is 8.45. The lowest BCUT2D eigenvalue weighted by Crippen LogP contribution is -2.20. The third-order valence-corrected chi connectivity index (χ3v) is 3.57. The standard InChI is InChI=1S/C12H18O2.C12H18O/c1-12(2,3)14-9-10-6-5-7-11(8-10)13-4;1-12(2,3)13-10-9-11-7-5-4-6-8-11/h5-8H,9H2,1-4H3;4-8H,9-10H2,1-3H3. The van der Waals surface area contributed by atoms with Gasteiger partial charge in [0.15, 0.2) is 0 Å². The molecule has 0 aliphatic carbocycles. The van der Waals surface area contributed by atoms with Crippen molar-refractivity contribution in [2.45, 2.75) is 65.8 Å². The highest BCUT2D eigenvalue weighted by molar-refractivity contribution is 5.27. The van der Waals surface area contributed by atoms with Crippen molar-refractivity contribution in [1.29, 1.82) is 0 Å². The fourth-order valence-electron chi connectivity index (χ4n) is 2.18. The molecule has 27 heavy (non-hydrogen) atoms. The normalized spacial score (nSPS) is 11.5. The van der Waals surface area contributed by atoms with Crippen LogP contribution in [0.4, 0.5) is 0 Å². The Kier molecular flexibility index (Phi) is 9.54. The fraction of sp³-hybridized carbons (Fsp3) is 0.500. The van der Waals surface area contributed by atoms with E-state index in [0.717, 1.165) is 24.3 Å². The summed E-state index contributed by atoms with van der Waals surface area (Å²) in [5.74, 6) is 0.875. The molecule has 0 N–H and O–H groups in total. The van der Waals surface area contributed by atoms with E-state index < -0.39 is 0 Å². The molecule has 0 spiro atoms. The van der Waals surface area contributed by atoms with Gasteiger partial charge in [-0.1, -0.05) is 42.5 Å². The van der Waals surface area contributed by atoms with Gasteiger partial charge in [0.05, 0.1) is 31.5 Å². The van der Waals surface area contributed by atoms with Crippen molar-refractivity contribution in [2.75, 3.05) is 13.7 Å². The highest BCUT2D eigenvalue weighted by atomic mass is 16.5. The first-order valence-electron chi connectivity index (χ1n) is 9.54. The summed E-state index contributed by atoms with van der Waals surface area (Å²) in [6, 6.07) is 18.4. The lowest BCUT2D eigenvalue weighted by molar-refractivity contribution is -0.0150. The minimum atomic E-state index is -0.0942. The zero-order valence-electron chi connectivity index (χ0n) is 18.0. The van der Waals surface area contributed by atoms with E-state index >= 15 is 0 Å². The van der Waals surface area contributed by atoms with Crippen molar-refractivity contribution in [2.24, 2.45) is 0 Å². The van der Waals surface area contributed by atoms with E-state index in [1.54, 1.807) is 7.11 Å². The van der Waals surface area contributed by atoms with Crippen LogP contribution in [0.2, 0.25) is 0 Å². The van der Waals surface area contributed by atoms with Crippen molar-refractivity contribution in [3.8, 4) is 5.75 Å². The van der Waals surface area contributed by atoms with Gasteiger partial charge < -0.3 is 14.2 Å². The first-order valence-corrected chi connectivity index (χ1v) is 9.54. The van der Waals surface area contributed by atoms with Crippen molar-refractivity contribution in [3.63, 3.8) is 0 Å². The number of ether oxygens (including phenoxy) is 3. The number of methoxy groups -OCH3 is 1. The second-order valence-corrected chi connectivity index (χ2v) is 8.45. The molecule has 150 valence electrons. The second kappa shape index (κ2) is 11.1. The average Bonchev–Trinajstić information content (AvgIpc) is 2.60. The van der Waals surface area contributed by atoms with Gasteiger partial charge in [-0.2, -0.15) is 0 Å². The number of benzene rings is 2. The van der Waals surface area contributed by atoms with E-state index in [2.05, 4.69) is 45.0 Å². The molecule has 0 heterocycles. The molecule has 0 aromatic heterocycles. The third kappa shape index (κ3) is 12.2. The lowest BCUT2D eigenvalue weighted by Gasteiger charge is -2.19. The molecule has 3 heteroatoms. The Bertz CT molecular complexity index is 637. The molecular formula is C24H36O3. The minimum absolute atomic E-state index is 0.0191. The molecule has 0 radical (unpaired) electrons. The van der Waals surface area contributed by atoms with Gasteiger partial charge in [-0.3, -0.25) is 0 Å². The van der Waals surface area contributed by atoms with E-state index in [-0.39, 0.29) is 11.2 Å². The van der Waals surface area contributed by atoms with Gasteiger partial charge in [0.25, 0.3) is 0 Å². The first kappa shape index (κ1) is 23.2. The van der Waals surface area contributed by atoms with Crippen LogP contribution in [0.1, 0.15) is 52.7 Å². The molecule has 2 aromatic carbocycles. The Morgan fingerprint density at radius 3 is 1.85 bits per heavy atom. The van der Waals surface area contributed by atoms with Crippen LogP contribution in [-0.2, 0) is 22.5 Å². The van der Waals surface area contributed by atoms with E-state index in [9.17, 15) is 0 Å². The maximum Gasteiger partial charge on any atom is 0.119 e. The Labute approximate surface area is 165 Å². The summed E-state index contributed by atoms with van der Waals surface area (Å²) >= 11 is 0. The molecule has 2 aromatic rings. The van der Waals surface area contributed by atoms with Crippen LogP contribution in [-0.4, -0.2) is 24.9 Å². The van der Waals surface area contributed by atoms with E-state index in [4.69, 9.17) is 14.2 Å². The van der Waals surface area contributed by atoms with Crippen molar-refractivity contribution in [3.05, 3.63) is 65.7 Å². The summed E-state index contributed by atoms with van der Waals surface area (Å²) in [6.45, 7) is 13.8. The van der Waals surface area contributed by atoms with Crippen LogP contribution in [0, 0.1) is 0 Å². The summed E-state index contributed by atoms with van der Waals surface area (Å²) in [6.07, 6.45) is 0.998. The molecule has 0 aliphatic heterocycles. The molecule has 0 fully saturated rings. The van der Waals surface area contributed by atoms with E-state index in [1.807, 2.05) is 51.1 Å². The molecular weight excluding hydrogens is 336 g/mol. The van der Waals surface area contributed by atoms with Gasteiger partial charge in [-0.05, 0) is 71.2 Å². The Morgan fingerprint density at radius 1 is 0.704 bits per heavy atom. The number of hydrogen-bond acceptors (Lipinski definition) is 3. The topological polar surface area (TPSA) is 27.7 Å². The van der Waals surface area contributed by atoms with Gasteiger partial charge in [0.2, 0.25) is 0 Å². The predicted molar refractivity (Wildman–Crippen MR) is 113 cm³/mol. The van der Waals surface area contributed by atoms with E-state index in [1.165, 1.54) is 5.56 Å². The highest BCUT2D eigenvalue weighted by Crippen LogP contribution is 2.16. The zero-order chi connectivity index (χ0) is 20.3. The first-order chi connectivity index (χ1) is 12.6. The van der Waals surface area contributed by atoms with E-state index in [0.29, 0.717) is 6.61 Å². The van der Waals surface area contributed by atoms with Crippen LogP contribution in [0.3, 0.4) is 0 Å². The molecule has 0 saturated heterocycles. The van der Waals surface area contributed by atoms with Crippen LogP contribution < -0.4 is 4.74 Å². The predicted octanol–water partition coefficient (Wildman–Crippen LogP) is 6.05. The van der Waals surface area contributed by atoms with Gasteiger partial charge in [0, 0.05) is 0 Å². The monoisotopic (exact) mass is 372 g/mol. The zero-order valence-corrected chi connectivity index (χ0v) is 18.0. The molecule has 3 nitrogen and oxygen atoms in total. The van der Waals surface area contributed by atoms with Crippen molar-refractivity contribution in [1.82, 2.24) is 0 Å². The average molecular weight is 373 g/mol. The third-order valence-electron chi connectivity index (χ3n) is 3.57.